The Morgan fingerprint density at radius 3 is 2.50 bits per heavy atom. The highest BCUT2D eigenvalue weighted by Crippen LogP contribution is 2.58. The van der Waals surface area contributed by atoms with Crippen LogP contribution in [0.1, 0.15) is 47.5 Å². The van der Waals surface area contributed by atoms with Gasteiger partial charge in [-0.05, 0) is 44.6 Å². The van der Waals surface area contributed by atoms with E-state index in [9.17, 15) is 4.79 Å². The number of fused-ring (bicyclic) bond motifs is 1. The lowest BCUT2D eigenvalue weighted by atomic mass is 9.63. The highest BCUT2D eigenvalue weighted by Gasteiger charge is 2.63. The van der Waals surface area contributed by atoms with E-state index in [-0.39, 0.29) is 16.8 Å². The first-order valence-electron chi connectivity index (χ1n) is 6.14. The lowest BCUT2D eigenvalue weighted by Crippen LogP contribution is -2.39. The lowest BCUT2D eigenvalue weighted by Gasteiger charge is -2.39. The number of hydrogen-bond donors (Lipinski definition) is 0. The molecule has 0 bridgehead atoms. The molecule has 3 atom stereocenters. The maximum atomic E-state index is 11.3. The van der Waals surface area contributed by atoms with Crippen LogP contribution in [0.15, 0.2) is 11.6 Å². The number of ether oxygens (including phenoxy) is 1. The summed E-state index contributed by atoms with van der Waals surface area (Å²) in [6, 6.07) is 0. The van der Waals surface area contributed by atoms with Gasteiger partial charge in [-0.3, -0.25) is 4.79 Å². The van der Waals surface area contributed by atoms with E-state index in [0.717, 1.165) is 12.0 Å². The Morgan fingerprint density at radius 1 is 1.31 bits per heavy atom. The molecule has 0 spiro atoms. The summed E-state index contributed by atoms with van der Waals surface area (Å²) in [5, 5.41) is 0. The van der Waals surface area contributed by atoms with Crippen molar-refractivity contribution in [2.45, 2.75) is 59.2 Å². The van der Waals surface area contributed by atoms with Gasteiger partial charge in [0.15, 0.2) is 5.78 Å². The van der Waals surface area contributed by atoms with Crippen LogP contribution in [0.4, 0.5) is 0 Å². The van der Waals surface area contributed by atoms with Gasteiger partial charge in [0.2, 0.25) is 0 Å². The fraction of sp³-hybridized carbons (Fsp3) is 0.786. The summed E-state index contributed by atoms with van der Waals surface area (Å²) in [4.78, 5) is 11.3. The van der Waals surface area contributed by atoms with Gasteiger partial charge >= 0.3 is 0 Å². The second-order valence-electron chi connectivity index (χ2n) is 6.20. The van der Waals surface area contributed by atoms with Gasteiger partial charge in [-0.25, -0.2) is 0 Å². The van der Waals surface area contributed by atoms with Gasteiger partial charge in [0.1, 0.15) is 0 Å². The van der Waals surface area contributed by atoms with E-state index in [0.29, 0.717) is 12.0 Å². The predicted molar refractivity (Wildman–Crippen MR) is 64.2 cm³/mol. The van der Waals surface area contributed by atoms with Crippen molar-refractivity contribution in [3.8, 4) is 0 Å². The molecule has 2 aliphatic rings. The van der Waals surface area contributed by atoms with Crippen LogP contribution in [0.25, 0.3) is 0 Å². The van der Waals surface area contributed by atoms with Crippen LogP contribution >= 0.6 is 0 Å². The van der Waals surface area contributed by atoms with E-state index in [2.05, 4.69) is 26.8 Å². The molecule has 0 N–H and O–H groups in total. The molecule has 1 saturated heterocycles. The van der Waals surface area contributed by atoms with E-state index in [1.54, 1.807) is 6.92 Å². The molecule has 1 aliphatic heterocycles. The summed E-state index contributed by atoms with van der Waals surface area (Å²) in [5.41, 5.74) is 1.09. The van der Waals surface area contributed by atoms with Crippen LogP contribution in [0.5, 0.6) is 0 Å². The van der Waals surface area contributed by atoms with Gasteiger partial charge in [0.05, 0.1) is 11.7 Å². The fourth-order valence-corrected chi connectivity index (χ4v) is 3.08. The first-order chi connectivity index (χ1) is 7.27. The minimum atomic E-state index is -0.0154. The Hall–Kier alpha value is -0.630. The molecular formula is C14H22O2. The molecule has 16 heavy (non-hydrogen) atoms. The minimum Gasteiger partial charge on any atom is -0.366 e. The zero-order valence-corrected chi connectivity index (χ0v) is 11.0. The molecule has 1 saturated carbocycles. The molecule has 2 nitrogen and oxygen atoms in total. The summed E-state index contributed by atoms with van der Waals surface area (Å²) in [6.07, 6.45) is 4.90. The van der Waals surface area contributed by atoms with Gasteiger partial charge < -0.3 is 4.74 Å². The van der Waals surface area contributed by atoms with Crippen molar-refractivity contribution < 1.29 is 9.53 Å². The van der Waals surface area contributed by atoms with Crippen LogP contribution in [0.3, 0.4) is 0 Å². The van der Waals surface area contributed by atoms with Crippen molar-refractivity contribution >= 4 is 5.78 Å². The summed E-state index contributed by atoms with van der Waals surface area (Å²) in [7, 11) is 0. The SMILES string of the molecule is CC(=O)/C(C)=C\[C@@H]1C(C)(C)CC[C@@H]2O[C@@]21C. The molecule has 90 valence electrons. The summed E-state index contributed by atoms with van der Waals surface area (Å²) >= 11 is 0. The predicted octanol–water partition coefficient (Wildman–Crippen LogP) is 3.12. The zero-order chi connectivity index (χ0) is 12.1. The Morgan fingerprint density at radius 2 is 1.94 bits per heavy atom. The van der Waals surface area contributed by atoms with Crippen LogP contribution in [-0.4, -0.2) is 17.5 Å². The number of carbonyl (C=O) groups excluding carboxylic acids is 1. The monoisotopic (exact) mass is 222 g/mol. The highest BCUT2D eigenvalue weighted by molar-refractivity contribution is 5.92. The molecule has 0 aromatic rings. The molecule has 0 amide bonds. The first kappa shape index (κ1) is 11.8. The number of rotatable bonds is 2. The molecule has 0 unspecified atom stereocenters. The fourth-order valence-electron chi connectivity index (χ4n) is 3.08. The second-order valence-corrected chi connectivity index (χ2v) is 6.20. The maximum absolute atomic E-state index is 11.3. The molecule has 0 aromatic heterocycles. The third-order valence-electron chi connectivity index (χ3n) is 4.46. The summed E-state index contributed by atoms with van der Waals surface area (Å²) < 4.78 is 5.84. The highest BCUT2D eigenvalue weighted by atomic mass is 16.6. The largest absolute Gasteiger partial charge is 0.366 e. The Bertz CT molecular complexity index is 349. The smallest absolute Gasteiger partial charge is 0.155 e. The summed E-state index contributed by atoms with van der Waals surface area (Å²) in [5.74, 6) is 0.532. The van der Waals surface area contributed by atoms with Crippen molar-refractivity contribution in [2.24, 2.45) is 11.3 Å². The molecule has 1 aliphatic carbocycles. The van der Waals surface area contributed by atoms with Gasteiger partial charge in [0.25, 0.3) is 0 Å². The van der Waals surface area contributed by atoms with E-state index in [4.69, 9.17) is 4.74 Å². The molecule has 2 fully saturated rings. The van der Waals surface area contributed by atoms with E-state index in [1.165, 1.54) is 6.42 Å². The standard InChI is InChI=1S/C14H22O2/c1-9(10(2)15)8-11-13(3,4)7-6-12-14(11,5)16-12/h8,11-12H,6-7H2,1-5H3/b9-8-/t11-,12+,14-/m1/s1. The zero-order valence-electron chi connectivity index (χ0n) is 11.0. The first-order valence-corrected chi connectivity index (χ1v) is 6.14. The number of hydrogen-bond acceptors (Lipinski definition) is 2. The molecule has 2 rings (SSSR count). The van der Waals surface area contributed by atoms with E-state index >= 15 is 0 Å². The molecule has 0 radical (unpaired) electrons. The average Bonchev–Trinajstić information content (AvgIpc) is 2.83. The Kier molecular flexibility index (Phi) is 2.54. The maximum Gasteiger partial charge on any atom is 0.155 e. The van der Waals surface area contributed by atoms with Crippen LogP contribution in [0.2, 0.25) is 0 Å². The van der Waals surface area contributed by atoms with Crippen molar-refractivity contribution in [3.63, 3.8) is 0 Å². The van der Waals surface area contributed by atoms with Crippen molar-refractivity contribution in [1.29, 1.82) is 0 Å². The molecule has 1 heterocycles. The molecule has 0 aromatic carbocycles. The molecule has 2 heteroatoms. The number of carbonyl (C=O) groups is 1. The normalized spacial score (nSPS) is 41.4. The topological polar surface area (TPSA) is 29.6 Å². The van der Waals surface area contributed by atoms with E-state index in [1.807, 2.05) is 6.92 Å². The van der Waals surface area contributed by atoms with Crippen molar-refractivity contribution in [3.05, 3.63) is 11.6 Å². The third kappa shape index (κ3) is 1.73. The Labute approximate surface area is 98.1 Å². The third-order valence-corrected chi connectivity index (χ3v) is 4.46. The number of allylic oxidation sites excluding steroid dienone is 1. The quantitative estimate of drug-likeness (QED) is 0.530. The van der Waals surface area contributed by atoms with Gasteiger partial charge in [0, 0.05) is 5.92 Å². The van der Waals surface area contributed by atoms with Gasteiger partial charge in [-0.1, -0.05) is 19.9 Å². The summed E-state index contributed by atoms with van der Waals surface area (Å²) in [6.45, 7) is 10.3. The minimum absolute atomic E-state index is 0.0154. The molecular weight excluding hydrogens is 200 g/mol. The van der Waals surface area contributed by atoms with Crippen LogP contribution in [-0.2, 0) is 9.53 Å². The van der Waals surface area contributed by atoms with Crippen LogP contribution < -0.4 is 0 Å². The van der Waals surface area contributed by atoms with Crippen molar-refractivity contribution in [2.75, 3.05) is 0 Å². The van der Waals surface area contributed by atoms with Gasteiger partial charge in [-0.2, -0.15) is 0 Å². The lowest BCUT2D eigenvalue weighted by molar-refractivity contribution is -0.113. The number of Topliss-reactive ketones (excluding diaryl/α,β-unsaturated/α-hetero) is 1. The van der Waals surface area contributed by atoms with Crippen LogP contribution in [0, 0.1) is 11.3 Å². The Balaban J connectivity index is 2.29. The second kappa shape index (κ2) is 3.43. The van der Waals surface area contributed by atoms with Crippen molar-refractivity contribution in [1.82, 2.24) is 0 Å². The van der Waals surface area contributed by atoms with E-state index < -0.39 is 0 Å². The van der Waals surface area contributed by atoms with Gasteiger partial charge in [-0.15, -0.1) is 0 Å². The number of ketones is 1. The average molecular weight is 222 g/mol. The number of epoxide rings is 1.